The first-order chi connectivity index (χ1) is 28.7. The number of aromatic nitrogens is 2. The van der Waals surface area contributed by atoms with Crippen LogP contribution in [0.1, 0.15) is 72.8 Å². The zero-order valence-corrected chi connectivity index (χ0v) is 36.3. The van der Waals surface area contributed by atoms with E-state index in [-0.39, 0.29) is 31.7 Å². The van der Waals surface area contributed by atoms with Gasteiger partial charge in [0, 0.05) is 17.9 Å². The van der Waals surface area contributed by atoms with Crippen LogP contribution in [0.25, 0.3) is 22.3 Å². The van der Waals surface area contributed by atoms with Gasteiger partial charge in [0.15, 0.2) is 5.82 Å². The fraction of sp³-hybridized carbons (Fsp3) is 0.435. The van der Waals surface area contributed by atoms with Crippen LogP contribution in [0.5, 0.6) is 5.88 Å². The van der Waals surface area contributed by atoms with Crippen molar-refractivity contribution in [1.29, 1.82) is 0 Å². The molecule has 2 saturated carbocycles. The minimum atomic E-state index is -4.17. The third kappa shape index (κ3) is 9.26. The number of alkyl carbamates (subject to hydrolysis) is 1. The Bertz CT molecular complexity index is 2450. The summed E-state index contributed by atoms with van der Waals surface area (Å²) in [6, 6.07) is 23.6. The van der Waals surface area contributed by atoms with Gasteiger partial charge in [-0.15, -0.1) is 6.58 Å². The van der Waals surface area contributed by atoms with Crippen LogP contribution in [-0.2, 0) is 35.6 Å². The maximum atomic E-state index is 14.8. The summed E-state index contributed by atoms with van der Waals surface area (Å²) in [7, 11) is -4.17. The van der Waals surface area contributed by atoms with E-state index in [1.165, 1.54) is 11.0 Å². The van der Waals surface area contributed by atoms with Crippen LogP contribution < -0.4 is 20.1 Å². The maximum absolute atomic E-state index is 14.8. The molecular formula is C46H54N6O8S. The fourth-order valence-corrected chi connectivity index (χ4v) is 9.57. The summed E-state index contributed by atoms with van der Waals surface area (Å²) in [6.07, 6.45) is 1.02. The lowest BCUT2D eigenvalue weighted by Crippen LogP contribution is -2.60. The number of benzene rings is 3. The summed E-state index contributed by atoms with van der Waals surface area (Å²) in [5.74, 6) is -2.03. The number of nitrogens with zero attached hydrogens (tertiary/aromatic N) is 3. The molecule has 0 spiro atoms. The van der Waals surface area contributed by atoms with Gasteiger partial charge in [0.05, 0.1) is 22.2 Å². The molecular weight excluding hydrogens is 797 g/mol. The Kier molecular flexibility index (Phi) is 11.5. The first-order valence-electron chi connectivity index (χ1n) is 20.6. The Hall–Kier alpha value is -5.83. The smallest absolute Gasteiger partial charge is 0.408 e. The van der Waals surface area contributed by atoms with E-state index in [1.54, 1.807) is 41.5 Å². The third-order valence-electron chi connectivity index (χ3n) is 11.5. The second-order valence-electron chi connectivity index (χ2n) is 18.4. The van der Waals surface area contributed by atoms with Crippen molar-refractivity contribution in [2.75, 3.05) is 6.54 Å². The number of amides is 4. The van der Waals surface area contributed by atoms with Crippen molar-refractivity contribution in [3.8, 4) is 17.3 Å². The second kappa shape index (κ2) is 16.2. The van der Waals surface area contributed by atoms with Crippen LogP contribution in [0.15, 0.2) is 97.6 Å². The van der Waals surface area contributed by atoms with E-state index in [9.17, 15) is 27.6 Å². The second-order valence-corrected chi connectivity index (χ2v) is 20.5. The van der Waals surface area contributed by atoms with Crippen molar-refractivity contribution in [3.63, 3.8) is 0 Å². The van der Waals surface area contributed by atoms with E-state index in [0.29, 0.717) is 29.6 Å². The molecule has 322 valence electrons. The van der Waals surface area contributed by atoms with Crippen LogP contribution >= 0.6 is 0 Å². The predicted molar refractivity (Wildman–Crippen MR) is 230 cm³/mol. The lowest BCUT2D eigenvalue weighted by atomic mass is 9.85. The quantitative estimate of drug-likeness (QED) is 0.138. The third-order valence-corrected chi connectivity index (χ3v) is 13.7. The van der Waals surface area contributed by atoms with Gasteiger partial charge < -0.3 is 25.0 Å². The van der Waals surface area contributed by atoms with Crippen LogP contribution in [0.2, 0.25) is 0 Å². The topological polar surface area (TPSA) is 186 Å². The molecule has 3 N–H and O–H groups in total. The number of hydrogen-bond acceptors (Lipinski definition) is 10. The van der Waals surface area contributed by atoms with Gasteiger partial charge in [0.25, 0.3) is 5.91 Å². The van der Waals surface area contributed by atoms with Gasteiger partial charge >= 0.3 is 6.09 Å². The Morgan fingerprint density at radius 1 is 0.918 bits per heavy atom. The van der Waals surface area contributed by atoms with Gasteiger partial charge in [-0.2, -0.15) is 4.98 Å². The number of rotatable bonds is 13. The summed E-state index contributed by atoms with van der Waals surface area (Å²) < 4.78 is 41.0. The Morgan fingerprint density at radius 2 is 1.56 bits per heavy atom. The number of carbonyl (C=O) groups excluding carboxylic acids is 4. The molecule has 4 aromatic rings. The van der Waals surface area contributed by atoms with E-state index >= 15 is 0 Å². The van der Waals surface area contributed by atoms with Crippen molar-refractivity contribution in [2.24, 2.45) is 11.3 Å². The molecule has 7 rings (SSSR count). The van der Waals surface area contributed by atoms with E-state index in [2.05, 4.69) is 21.9 Å². The number of ether oxygens (including phenoxy) is 2. The lowest BCUT2D eigenvalue weighted by Gasteiger charge is -2.36. The van der Waals surface area contributed by atoms with Gasteiger partial charge in [-0.3, -0.25) is 19.1 Å². The Morgan fingerprint density at radius 3 is 2.16 bits per heavy atom. The average molecular weight is 851 g/mol. The van der Waals surface area contributed by atoms with Crippen molar-refractivity contribution in [3.05, 3.63) is 103 Å². The normalized spacial score (nSPS) is 22.4. The van der Waals surface area contributed by atoms with Crippen LogP contribution in [0, 0.1) is 11.3 Å². The molecule has 0 radical (unpaired) electrons. The minimum Gasteiger partial charge on any atom is -0.472 e. The van der Waals surface area contributed by atoms with E-state index in [4.69, 9.17) is 19.4 Å². The fourth-order valence-electron chi connectivity index (χ4n) is 7.93. The molecule has 3 aromatic carbocycles. The molecule has 0 bridgehead atoms. The van der Waals surface area contributed by atoms with Gasteiger partial charge in [-0.05, 0) is 69.6 Å². The van der Waals surface area contributed by atoms with Crippen molar-refractivity contribution in [1.82, 2.24) is 30.2 Å². The molecule has 4 unspecified atom stereocenters. The van der Waals surface area contributed by atoms with Crippen LogP contribution in [0.4, 0.5) is 4.79 Å². The predicted octanol–water partition coefficient (Wildman–Crippen LogP) is 5.87. The highest BCUT2D eigenvalue weighted by Crippen LogP contribution is 2.48. The summed E-state index contributed by atoms with van der Waals surface area (Å²) in [5.41, 5.74) is -1.10. The molecule has 61 heavy (non-hydrogen) atoms. The standard InChI is InChI=1S/C46H54N6O8S/c1-8-31-27-46(31,41(55)51-61(57,58)45(23-24-45)26-29-17-11-9-12-18-29)50-38(53)35-25-32(28-52(35)40(54)36(43(2,3)4)48-42(56)60-44(5,6)7)59-39-33-21-15-16-22-34(33)47-37(49-39)30-19-13-10-14-20-30/h8-22,31-32,35-36H,1,23-28H2,2-7H3,(H,48,56)(H,50,53)(H,51,55)/t31?,32?,35?,36-,46?/m1/s1. The van der Waals surface area contributed by atoms with Gasteiger partial charge in [-0.25, -0.2) is 18.2 Å². The molecule has 3 aliphatic rings. The zero-order chi connectivity index (χ0) is 44.0. The largest absolute Gasteiger partial charge is 0.472 e. The van der Waals surface area contributed by atoms with E-state index in [0.717, 1.165) is 11.1 Å². The maximum Gasteiger partial charge on any atom is 0.408 e. The van der Waals surface area contributed by atoms with Crippen LogP contribution in [-0.4, -0.2) is 87.7 Å². The SMILES string of the molecule is C=CC1CC1(NC(=O)C1CC(Oc2nc(-c3ccccc3)nc3ccccc23)CN1C(=O)[C@@H](NC(=O)OC(C)(C)C)C(C)(C)C)C(=O)NS(=O)(=O)C1(Cc2ccccc2)CC1. The molecule has 5 atom stereocenters. The molecule has 3 fully saturated rings. The Labute approximate surface area is 356 Å². The highest BCUT2D eigenvalue weighted by atomic mass is 32.2. The Balaban J connectivity index is 1.18. The first-order valence-corrected chi connectivity index (χ1v) is 22.1. The lowest BCUT2D eigenvalue weighted by molar-refractivity contribution is -0.143. The molecule has 15 heteroatoms. The number of carbonyl (C=O) groups is 4. The van der Waals surface area contributed by atoms with Gasteiger partial charge in [0.2, 0.25) is 27.7 Å². The first kappa shape index (κ1) is 43.3. The van der Waals surface area contributed by atoms with Gasteiger partial charge in [0.1, 0.15) is 29.3 Å². The average Bonchev–Trinajstić information content (AvgIpc) is 4.11. The molecule has 2 heterocycles. The molecule has 4 amide bonds. The number of para-hydroxylation sites is 1. The number of sulfonamides is 1. The summed E-state index contributed by atoms with van der Waals surface area (Å²) >= 11 is 0. The van der Waals surface area contributed by atoms with Crippen molar-refractivity contribution >= 4 is 44.7 Å². The molecule has 1 aliphatic heterocycles. The summed E-state index contributed by atoms with van der Waals surface area (Å²) in [4.78, 5) is 67.6. The van der Waals surface area contributed by atoms with Crippen molar-refractivity contribution < 1.29 is 37.1 Å². The number of nitrogens with one attached hydrogen (secondary N) is 3. The molecule has 2 aliphatic carbocycles. The molecule has 14 nitrogen and oxygen atoms in total. The summed E-state index contributed by atoms with van der Waals surface area (Å²) in [6.45, 7) is 14.3. The number of fused-ring (bicyclic) bond motifs is 1. The van der Waals surface area contributed by atoms with E-state index < -0.39 is 79.2 Å². The molecule has 1 saturated heterocycles. The summed E-state index contributed by atoms with van der Waals surface area (Å²) in [5, 5.41) is 6.21. The monoisotopic (exact) mass is 850 g/mol. The number of likely N-dealkylation sites (tertiary alicyclic amines) is 1. The minimum absolute atomic E-state index is 0.0190. The number of hydrogen-bond donors (Lipinski definition) is 3. The van der Waals surface area contributed by atoms with E-state index in [1.807, 2.05) is 84.9 Å². The zero-order valence-electron chi connectivity index (χ0n) is 35.4. The van der Waals surface area contributed by atoms with Crippen LogP contribution in [0.3, 0.4) is 0 Å². The van der Waals surface area contributed by atoms with Crippen molar-refractivity contribution in [2.45, 2.75) is 108 Å². The molecule has 1 aromatic heterocycles. The van der Waals surface area contributed by atoms with Gasteiger partial charge in [-0.1, -0.05) is 99.6 Å². The highest BCUT2D eigenvalue weighted by molar-refractivity contribution is 7.91. The highest BCUT2D eigenvalue weighted by Gasteiger charge is 2.63.